The molecule has 1 unspecified atom stereocenters. The summed E-state index contributed by atoms with van der Waals surface area (Å²) in [5, 5.41) is 13.7. The van der Waals surface area contributed by atoms with Gasteiger partial charge in [0, 0.05) is 91.6 Å². The molecule has 3 aromatic heterocycles. The molecule has 0 aromatic carbocycles. The molecule has 2 amide bonds. The SMILES string of the molecule is C.CNOC.COC(OC)N(C)C.CON(C)C(=O)c1ccnc(N)c1.CON(C)C(=O)c1ccnc(N/C=C/N(C)C)c1.Nc1cc(C(=O)O)ccn1.O=BP. The number of carbonyl (C=O) groups is 3. The Bertz CT molecular complexity index is 1560. The molecule has 7 N–H and O–H groups in total. The van der Waals surface area contributed by atoms with E-state index >= 15 is 0 Å². The summed E-state index contributed by atoms with van der Waals surface area (Å²) in [6.45, 7) is 0.667. The number of nitrogens with two attached hydrogens (primary N) is 2. The van der Waals surface area contributed by atoms with Crippen LogP contribution in [0.2, 0.25) is 0 Å². The number of hydrogen-bond donors (Lipinski definition) is 5. The number of amides is 2. The minimum absolute atomic E-state index is 0. The van der Waals surface area contributed by atoms with Gasteiger partial charge in [0.25, 0.3) is 11.8 Å². The molecule has 0 saturated heterocycles. The van der Waals surface area contributed by atoms with Crippen molar-refractivity contribution in [3.8, 4) is 0 Å². The summed E-state index contributed by atoms with van der Waals surface area (Å²) in [7, 11) is 21.9. The van der Waals surface area contributed by atoms with Crippen molar-refractivity contribution >= 4 is 51.2 Å². The first kappa shape index (κ1) is 58.5. The molecule has 0 aliphatic rings. The molecule has 0 aliphatic carbocycles. The molecular formula is C34H61BN11O10P. The minimum atomic E-state index is -0.992. The van der Waals surface area contributed by atoms with Crippen LogP contribution in [0.15, 0.2) is 67.4 Å². The molecule has 21 nitrogen and oxygen atoms in total. The Morgan fingerprint density at radius 2 is 1.18 bits per heavy atom. The van der Waals surface area contributed by atoms with Gasteiger partial charge in [-0.15, -0.1) is 0 Å². The first-order chi connectivity index (χ1) is 26.4. The van der Waals surface area contributed by atoms with Crippen molar-refractivity contribution in [3.05, 3.63) is 84.1 Å². The van der Waals surface area contributed by atoms with Crippen molar-refractivity contribution in [1.29, 1.82) is 0 Å². The van der Waals surface area contributed by atoms with E-state index in [2.05, 4.69) is 30.6 Å². The number of nitrogens with one attached hydrogen (secondary N) is 2. The number of nitrogens with zero attached hydrogens (tertiary/aromatic N) is 7. The van der Waals surface area contributed by atoms with Gasteiger partial charge in [0.2, 0.25) is 6.41 Å². The van der Waals surface area contributed by atoms with E-state index in [0.29, 0.717) is 29.6 Å². The van der Waals surface area contributed by atoms with Gasteiger partial charge in [-0.25, -0.2) is 35.4 Å². The molecule has 3 heterocycles. The van der Waals surface area contributed by atoms with E-state index in [1.165, 1.54) is 51.9 Å². The van der Waals surface area contributed by atoms with Crippen LogP contribution in [0.5, 0.6) is 0 Å². The molecule has 0 saturated carbocycles. The number of hydroxylamine groups is 5. The van der Waals surface area contributed by atoms with Crippen LogP contribution in [0, 0.1) is 0 Å². The summed E-state index contributed by atoms with van der Waals surface area (Å²) in [6, 6.07) is 9.07. The topological polar surface area (TPSA) is 262 Å². The molecule has 0 bridgehead atoms. The first-order valence-electron chi connectivity index (χ1n) is 15.9. The quantitative estimate of drug-likeness (QED) is 0.0758. The van der Waals surface area contributed by atoms with Gasteiger partial charge >= 0.3 is 26.7 Å². The predicted molar refractivity (Wildman–Crippen MR) is 224 cm³/mol. The van der Waals surface area contributed by atoms with E-state index in [0.717, 1.165) is 10.1 Å². The Morgan fingerprint density at radius 3 is 1.47 bits per heavy atom. The number of ether oxygens (including phenoxy) is 2. The summed E-state index contributed by atoms with van der Waals surface area (Å²) < 4.78 is 18.5. The average Bonchev–Trinajstić information content (AvgIpc) is 3.18. The summed E-state index contributed by atoms with van der Waals surface area (Å²) in [4.78, 5) is 62.7. The van der Waals surface area contributed by atoms with Crippen LogP contribution >= 0.6 is 9.12 Å². The van der Waals surface area contributed by atoms with E-state index in [1.807, 2.05) is 53.3 Å². The standard InChI is InChI=1S/C12H18N4O2.C8H11N3O2.C6H6N2O2.C5H13NO2.C2H7NO.CH4.BH2OP/c1-15(2)8-7-14-11-9-10(5-6-13-11)12(17)16(3)18-4;1-11(13-2)8(12)6-3-4-10-7(9)5-6;7-5-3-4(6(9)10)1-2-8-5;1-6(2)5(7-3)8-4;1-3-4-2;;2-1-3/h5-9H,1-4H3,(H,13,14);3-5H,1-2H3,(H2,9,10);1-3H,(H2,7,8)(H,9,10);5H,1-4H3;3H,1-2H3;1H4;3H2/b8-7+;;;;;;. The van der Waals surface area contributed by atoms with Crippen molar-refractivity contribution in [1.82, 2.24) is 40.4 Å². The van der Waals surface area contributed by atoms with Gasteiger partial charge in [0.1, 0.15) is 17.5 Å². The number of methoxy groups -OCH3 is 2. The fourth-order valence-corrected chi connectivity index (χ4v) is 3.12. The number of carboxylic acids is 1. The Morgan fingerprint density at radius 1 is 0.789 bits per heavy atom. The Kier molecular flexibility index (Phi) is 37.4. The average molecular weight is 826 g/mol. The van der Waals surface area contributed by atoms with Gasteiger partial charge in [-0.05, 0) is 50.5 Å². The second-order valence-corrected chi connectivity index (χ2v) is 10.6. The van der Waals surface area contributed by atoms with Crippen LogP contribution in [-0.2, 0) is 28.7 Å². The van der Waals surface area contributed by atoms with Crippen LogP contribution in [-0.4, -0.2) is 156 Å². The van der Waals surface area contributed by atoms with Gasteiger partial charge in [-0.3, -0.25) is 24.2 Å². The molecule has 320 valence electrons. The maximum absolute atomic E-state index is 11.8. The third-order valence-corrected chi connectivity index (χ3v) is 5.82. The fourth-order valence-electron chi connectivity index (χ4n) is 3.12. The molecule has 0 aliphatic heterocycles. The normalized spacial score (nSPS) is 9.39. The maximum atomic E-state index is 11.8. The Hall–Kier alpha value is -5.19. The van der Waals surface area contributed by atoms with Crippen molar-refractivity contribution in [3.63, 3.8) is 0 Å². The number of carbonyl (C=O) groups excluding carboxylic acids is 2. The number of carboxylic acid groups (broad SMARTS) is 1. The Balaban J connectivity index is -0.000000320. The molecule has 23 heteroatoms. The van der Waals surface area contributed by atoms with Crippen molar-refractivity contribution < 1.29 is 48.2 Å². The second kappa shape index (κ2) is 36.5. The number of hydrogen-bond acceptors (Lipinski definition) is 18. The van der Waals surface area contributed by atoms with Crippen molar-refractivity contribution in [2.24, 2.45) is 0 Å². The van der Waals surface area contributed by atoms with E-state index in [1.54, 1.807) is 66.0 Å². The van der Waals surface area contributed by atoms with Gasteiger partial charge < -0.3 is 41.1 Å². The van der Waals surface area contributed by atoms with Crippen LogP contribution < -0.4 is 22.3 Å². The molecule has 3 aromatic rings. The van der Waals surface area contributed by atoms with Gasteiger partial charge in [0.15, 0.2) is 0 Å². The summed E-state index contributed by atoms with van der Waals surface area (Å²) >= 11 is 0. The van der Waals surface area contributed by atoms with Gasteiger partial charge in [-0.2, -0.15) is 0 Å². The molecular weight excluding hydrogens is 764 g/mol. The summed E-state index contributed by atoms with van der Waals surface area (Å²) in [6.07, 6.45) is 7.79. The zero-order valence-electron chi connectivity index (χ0n) is 34.0. The van der Waals surface area contributed by atoms with E-state index in [4.69, 9.17) is 40.4 Å². The van der Waals surface area contributed by atoms with Crippen molar-refractivity contribution in [2.75, 3.05) is 102 Å². The fraction of sp³-hybridized carbons (Fsp3) is 0.412. The van der Waals surface area contributed by atoms with Gasteiger partial charge in [0.05, 0.1) is 26.9 Å². The number of pyridine rings is 3. The molecule has 3 rings (SSSR count). The summed E-state index contributed by atoms with van der Waals surface area (Å²) in [5.74, 6) is -0.330. The molecule has 0 spiro atoms. The zero-order valence-corrected chi connectivity index (χ0v) is 35.1. The number of anilines is 3. The monoisotopic (exact) mass is 825 g/mol. The van der Waals surface area contributed by atoms with Crippen LogP contribution in [0.25, 0.3) is 0 Å². The molecule has 0 fully saturated rings. The van der Waals surface area contributed by atoms with E-state index in [9.17, 15) is 14.4 Å². The first-order valence-corrected chi connectivity index (χ1v) is 16.5. The zero-order chi connectivity index (χ0) is 43.6. The van der Waals surface area contributed by atoms with E-state index in [-0.39, 0.29) is 37.0 Å². The number of nitrogen functional groups attached to an aromatic ring is 2. The predicted octanol–water partition coefficient (Wildman–Crippen LogP) is 2.17. The third-order valence-electron chi connectivity index (χ3n) is 5.82. The molecule has 0 radical (unpaired) electrons. The Labute approximate surface area is 338 Å². The number of aromatic nitrogens is 3. The van der Waals surface area contributed by atoms with E-state index < -0.39 is 5.97 Å². The summed E-state index contributed by atoms with van der Waals surface area (Å²) in [5.41, 5.74) is 14.2. The van der Waals surface area contributed by atoms with Crippen molar-refractivity contribution in [2.45, 2.75) is 13.8 Å². The number of rotatable bonds is 12. The molecule has 1 atom stereocenters. The second-order valence-electron chi connectivity index (χ2n) is 10.4. The molecule has 57 heavy (non-hydrogen) atoms. The van der Waals surface area contributed by atoms with Crippen LogP contribution in [0.4, 0.5) is 17.5 Å². The van der Waals surface area contributed by atoms with Gasteiger partial charge in [-0.1, -0.05) is 7.43 Å². The third kappa shape index (κ3) is 29.7. The number of aromatic carboxylic acids is 1. The van der Waals surface area contributed by atoms with Crippen LogP contribution in [0.3, 0.4) is 0 Å². The van der Waals surface area contributed by atoms with Crippen LogP contribution in [0.1, 0.15) is 38.5 Å².